The first-order valence-corrected chi connectivity index (χ1v) is 9.25. The number of hydrogen-bond donors (Lipinski definition) is 2. The summed E-state index contributed by atoms with van der Waals surface area (Å²) in [4.78, 5) is 27.8. The number of amides is 1. The molecule has 0 saturated carbocycles. The van der Waals surface area contributed by atoms with E-state index in [1.807, 2.05) is 36.6 Å². The normalized spacial score (nSPS) is 17.0. The number of rotatable bonds is 4. The highest BCUT2D eigenvalue weighted by atomic mass is 32.1. The first-order chi connectivity index (χ1) is 12.4. The van der Waals surface area contributed by atoms with E-state index in [2.05, 4.69) is 20.3 Å². The van der Waals surface area contributed by atoms with Crippen LogP contribution in [0.3, 0.4) is 0 Å². The predicted molar refractivity (Wildman–Crippen MR) is 100 cm³/mol. The van der Waals surface area contributed by atoms with Gasteiger partial charge in [0.05, 0.1) is 40.6 Å². The molecule has 0 radical (unpaired) electrons. The van der Waals surface area contributed by atoms with Gasteiger partial charge >= 0.3 is 0 Å². The highest BCUT2D eigenvalue weighted by molar-refractivity contribution is 7.17. The van der Waals surface area contributed by atoms with Crippen LogP contribution in [0.2, 0.25) is 0 Å². The number of nitrogens with one attached hydrogen (secondary N) is 1. The lowest BCUT2D eigenvalue weighted by molar-refractivity contribution is -0.0669. The maximum absolute atomic E-state index is 12.8. The van der Waals surface area contributed by atoms with Gasteiger partial charge in [0.1, 0.15) is 0 Å². The lowest BCUT2D eigenvalue weighted by Gasteiger charge is -2.43. The zero-order chi connectivity index (χ0) is 18.3. The minimum atomic E-state index is -0.814. The topological polar surface area (TPSA) is 91.2 Å². The van der Waals surface area contributed by atoms with Crippen LogP contribution in [0.15, 0.2) is 35.8 Å². The van der Waals surface area contributed by atoms with E-state index in [9.17, 15) is 9.90 Å². The second-order valence-corrected chi connectivity index (χ2v) is 7.73. The molecule has 2 N–H and O–H groups in total. The van der Waals surface area contributed by atoms with Gasteiger partial charge in [-0.15, -0.1) is 11.3 Å². The third kappa shape index (κ3) is 3.13. The number of fused-ring (bicyclic) bond motifs is 1. The monoisotopic (exact) mass is 369 g/mol. The fourth-order valence-corrected chi connectivity index (χ4v) is 3.85. The summed E-state index contributed by atoms with van der Waals surface area (Å²) < 4.78 is 0.762. The Balaban J connectivity index is 1.64. The lowest BCUT2D eigenvalue weighted by atomic mass is 9.96. The Morgan fingerprint density at radius 3 is 2.85 bits per heavy atom. The molecule has 26 heavy (non-hydrogen) atoms. The van der Waals surface area contributed by atoms with Crippen LogP contribution in [0.1, 0.15) is 36.1 Å². The summed E-state index contributed by atoms with van der Waals surface area (Å²) in [6.07, 6.45) is 1.74. The Hall–Kier alpha value is -2.58. The number of carbonyl (C=O) groups excluding carboxylic acids is 1. The number of anilines is 1. The van der Waals surface area contributed by atoms with E-state index in [-0.39, 0.29) is 11.9 Å². The highest BCUT2D eigenvalue weighted by Crippen LogP contribution is 2.28. The number of aliphatic hydroxyl groups is 1. The van der Waals surface area contributed by atoms with Gasteiger partial charge in [-0.3, -0.25) is 9.78 Å². The molecule has 4 heterocycles. The second kappa shape index (κ2) is 6.30. The summed E-state index contributed by atoms with van der Waals surface area (Å²) in [7, 11) is 0. The molecule has 4 rings (SSSR count). The van der Waals surface area contributed by atoms with Crippen LogP contribution in [0.5, 0.6) is 0 Å². The fourth-order valence-electron chi connectivity index (χ4n) is 3.04. The molecule has 3 aromatic heterocycles. The van der Waals surface area contributed by atoms with Gasteiger partial charge in [0.2, 0.25) is 5.95 Å². The number of carbonyl (C=O) groups is 1. The second-order valence-electron chi connectivity index (χ2n) is 6.81. The Labute approximate surface area is 154 Å². The molecule has 1 aliphatic heterocycles. The lowest BCUT2D eigenvalue weighted by Crippen LogP contribution is -2.61. The van der Waals surface area contributed by atoms with Crippen molar-refractivity contribution in [3.63, 3.8) is 0 Å². The molecular weight excluding hydrogens is 350 g/mol. The minimum Gasteiger partial charge on any atom is -0.386 e. The number of pyridine rings is 1. The van der Waals surface area contributed by atoms with Gasteiger partial charge in [-0.25, -0.2) is 9.97 Å². The maximum Gasteiger partial charge on any atom is 0.274 e. The van der Waals surface area contributed by atoms with Crippen molar-refractivity contribution < 1.29 is 9.90 Å². The molecule has 1 fully saturated rings. The van der Waals surface area contributed by atoms with Crippen LogP contribution in [0, 0.1) is 0 Å². The summed E-state index contributed by atoms with van der Waals surface area (Å²) in [6, 6.07) is 7.49. The van der Waals surface area contributed by atoms with Crippen molar-refractivity contribution in [2.75, 3.05) is 18.4 Å². The van der Waals surface area contributed by atoms with Crippen molar-refractivity contribution in [1.29, 1.82) is 0 Å². The third-order valence-electron chi connectivity index (χ3n) is 4.33. The molecule has 3 aromatic rings. The van der Waals surface area contributed by atoms with E-state index in [1.165, 1.54) is 11.3 Å². The van der Waals surface area contributed by atoms with Gasteiger partial charge in [0.25, 0.3) is 5.91 Å². The fraction of sp³-hybridized carbons (Fsp3) is 0.333. The van der Waals surface area contributed by atoms with Crippen LogP contribution >= 0.6 is 11.3 Å². The molecule has 1 atom stereocenters. The number of β-amino-alcohol motifs (C(OH)–C–C–N with tert-alkyl or cyclic N) is 1. The molecule has 0 aromatic carbocycles. The van der Waals surface area contributed by atoms with Crippen molar-refractivity contribution in [2.24, 2.45) is 0 Å². The van der Waals surface area contributed by atoms with Gasteiger partial charge in [-0.1, -0.05) is 6.07 Å². The van der Waals surface area contributed by atoms with E-state index >= 15 is 0 Å². The first kappa shape index (κ1) is 16.9. The van der Waals surface area contributed by atoms with Gasteiger partial charge < -0.3 is 15.3 Å². The van der Waals surface area contributed by atoms with Crippen LogP contribution in [0.4, 0.5) is 5.95 Å². The Kier molecular flexibility index (Phi) is 4.08. The van der Waals surface area contributed by atoms with E-state index < -0.39 is 5.60 Å². The number of aromatic nitrogens is 3. The van der Waals surface area contributed by atoms with Crippen molar-refractivity contribution >= 4 is 33.4 Å². The average molecular weight is 369 g/mol. The van der Waals surface area contributed by atoms with Crippen LogP contribution in [0.25, 0.3) is 10.2 Å². The molecule has 1 aliphatic rings. The summed E-state index contributed by atoms with van der Waals surface area (Å²) in [5, 5.41) is 15.0. The van der Waals surface area contributed by atoms with Gasteiger partial charge in [-0.2, -0.15) is 0 Å². The van der Waals surface area contributed by atoms with Crippen molar-refractivity contribution in [2.45, 2.75) is 25.5 Å². The van der Waals surface area contributed by atoms with Gasteiger partial charge in [0.15, 0.2) is 5.69 Å². The molecule has 0 spiro atoms. The molecule has 1 amide bonds. The molecular formula is C18H19N5O2S. The van der Waals surface area contributed by atoms with Crippen LogP contribution < -0.4 is 5.32 Å². The Morgan fingerprint density at radius 2 is 2.15 bits per heavy atom. The van der Waals surface area contributed by atoms with E-state index in [0.29, 0.717) is 24.7 Å². The smallest absolute Gasteiger partial charge is 0.274 e. The van der Waals surface area contributed by atoms with Gasteiger partial charge in [0, 0.05) is 6.20 Å². The van der Waals surface area contributed by atoms with E-state index in [4.69, 9.17) is 0 Å². The molecule has 7 nitrogen and oxygen atoms in total. The van der Waals surface area contributed by atoms with E-state index in [0.717, 1.165) is 15.9 Å². The molecule has 0 bridgehead atoms. The minimum absolute atomic E-state index is 0.0972. The Bertz CT molecular complexity index is 949. The molecule has 8 heteroatoms. The van der Waals surface area contributed by atoms with Crippen molar-refractivity contribution in [1.82, 2.24) is 19.9 Å². The number of hydrogen-bond acceptors (Lipinski definition) is 7. The zero-order valence-electron chi connectivity index (χ0n) is 14.5. The van der Waals surface area contributed by atoms with Crippen molar-refractivity contribution in [3.05, 3.63) is 47.2 Å². The quantitative estimate of drug-likeness (QED) is 0.734. The van der Waals surface area contributed by atoms with Crippen molar-refractivity contribution in [3.8, 4) is 0 Å². The summed E-state index contributed by atoms with van der Waals surface area (Å²) in [5.41, 5.74) is 1.16. The Morgan fingerprint density at radius 1 is 1.35 bits per heavy atom. The maximum atomic E-state index is 12.8. The third-order valence-corrected chi connectivity index (χ3v) is 5.24. The summed E-state index contributed by atoms with van der Waals surface area (Å²) >= 11 is 1.44. The van der Waals surface area contributed by atoms with Crippen LogP contribution in [-0.4, -0.2) is 49.6 Å². The molecule has 0 unspecified atom stereocenters. The van der Waals surface area contributed by atoms with Gasteiger partial charge in [-0.05, 0) is 37.4 Å². The molecule has 0 aliphatic carbocycles. The summed E-state index contributed by atoms with van der Waals surface area (Å²) in [6.45, 7) is 4.32. The molecule has 134 valence electrons. The number of thiophene rings is 1. The van der Waals surface area contributed by atoms with E-state index in [1.54, 1.807) is 18.0 Å². The zero-order valence-corrected chi connectivity index (χ0v) is 15.3. The standard InChI is InChI=1S/C18H19N5O2S/c1-11(12-5-3-4-7-19-12)20-17-21-13-6-8-26-15(13)14(22-17)16(24)23-9-18(2,25)10-23/h3-8,11,25H,9-10H2,1-2H3,(H,20,21,22)/t11-/m0/s1. The number of nitrogens with zero attached hydrogens (tertiary/aromatic N) is 4. The predicted octanol–water partition coefficient (Wildman–Crippen LogP) is 2.47. The average Bonchev–Trinajstić information content (AvgIpc) is 3.07. The largest absolute Gasteiger partial charge is 0.386 e. The highest BCUT2D eigenvalue weighted by Gasteiger charge is 2.40. The van der Waals surface area contributed by atoms with Crippen LogP contribution in [-0.2, 0) is 0 Å². The summed E-state index contributed by atoms with van der Waals surface area (Å²) in [5.74, 6) is 0.213. The first-order valence-electron chi connectivity index (χ1n) is 8.37. The SMILES string of the molecule is C[C@H](Nc1nc(C(=O)N2CC(C)(O)C2)c2sccc2n1)c1ccccn1. The molecule has 1 saturated heterocycles. The number of likely N-dealkylation sites (tertiary alicyclic amines) is 1.